The van der Waals surface area contributed by atoms with Crippen LogP contribution >= 0.6 is 0 Å². The second-order valence-corrected chi connectivity index (χ2v) is 6.13. The number of hydrogen-bond acceptors (Lipinski definition) is 4. The molecule has 1 saturated heterocycles. The van der Waals surface area contributed by atoms with E-state index in [1.165, 1.54) is 0 Å². The standard InChI is InChI=1S/C7H15NO3S/c1-5(2)12(10,11)7-4-8-3-6(7)9/h5-9H,3-4H2,1-2H3/t6-,7-/m1/s1. The average Bonchev–Trinajstić information content (AvgIpc) is 2.35. The van der Waals surface area contributed by atoms with Crippen molar-refractivity contribution in [1.29, 1.82) is 0 Å². The summed E-state index contributed by atoms with van der Waals surface area (Å²) in [6, 6.07) is 0. The van der Waals surface area contributed by atoms with Crippen LogP contribution in [0, 0.1) is 0 Å². The summed E-state index contributed by atoms with van der Waals surface area (Å²) in [6.07, 6.45) is -0.739. The maximum Gasteiger partial charge on any atom is 0.159 e. The molecule has 4 nitrogen and oxygen atoms in total. The number of hydrogen-bond donors (Lipinski definition) is 2. The molecule has 0 aromatic carbocycles. The van der Waals surface area contributed by atoms with Gasteiger partial charge >= 0.3 is 0 Å². The largest absolute Gasteiger partial charge is 0.390 e. The van der Waals surface area contributed by atoms with Crippen LogP contribution in [-0.2, 0) is 9.84 Å². The summed E-state index contributed by atoms with van der Waals surface area (Å²) in [5, 5.41) is 11.2. The zero-order chi connectivity index (χ0) is 9.35. The Labute approximate surface area is 72.9 Å². The molecule has 0 aliphatic carbocycles. The van der Waals surface area contributed by atoms with Crippen LogP contribution in [0.25, 0.3) is 0 Å². The summed E-state index contributed by atoms with van der Waals surface area (Å²) >= 11 is 0. The fourth-order valence-electron chi connectivity index (χ4n) is 1.33. The predicted octanol–water partition coefficient (Wildman–Crippen LogP) is -0.858. The van der Waals surface area contributed by atoms with Crippen LogP contribution in [0.3, 0.4) is 0 Å². The van der Waals surface area contributed by atoms with Gasteiger partial charge in [0.05, 0.1) is 11.4 Å². The van der Waals surface area contributed by atoms with Crippen molar-refractivity contribution in [3.8, 4) is 0 Å². The van der Waals surface area contributed by atoms with Crippen LogP contribution < -0.4 is 5.32 Å². The summed E-state index contributed by atoms with van der Waals surface area (Å²) in [5.41, 5.74) is 0. The molecule has 0 bridgehead atoms. The lowest BCUT2D eigenvalue weighted by Gasteiger charge is -2.16. The maximum absolute atomic E-state index is 11.5. The summed E-state index contributed by atoms with van der Waals surface area (Å²) in [6.45, 7) is 4.04. The van der Waals surface area contributed by atoms with E-state index in [9.17, 15) is 13.5 Å². The van der Waals surface area contributed by atoms with Crippen molar-refractivity contribution in [3.05, 3.63) is 0 Å². The summed E-state index contributed by atoms with van der Waals surface area (Å²) < 4.78 is 23.1. The molecule has 72 valence electrons. The number of β-amino-alcohol motifs (C(OH)–C–C–N with tert-alkyl or cyclic N) is 1. The van der Waals surface area contributed by atoms with E-state index < -0.39 is 26.4 Å². The van der Waals surface area contributed by atoms with E-state index in [1.54, 1.807) is 13.8 Å². The molecule has 1 aliphatic rings. The van der Waals surface area contributed by atoms with Gasteiger partial charge in [0.2, 0.25) is 0 Å². The van der Waals surface area contributed by atoms with Gasteiger partial charge < -0.3 is 10.4 Å². The number of sulfone groups is 1. The fourth-order valence-corrected chi connectivity index (χ4v) is 2.91. The lowest BCUT2D eigenvalue weighted by atomic mass is 10.3. The molecule has 1 heterocycles. The molecule has 1 fully saturated rings. The third-order valence-electron chi connectivity index (χ3n) is 2.21. The Bertz CT molecular complexity index is 247. The highest BCUT2D eigenvalue weighted by Crippen LogP contribution is 2.15. The minimum absolute atomic E-state index is 0.377. The highest BCUT2D eigenvalue weighted by molar-refractivity contribution is 7.92. The van der Waals surface area contributed by atoms with Gasteiger partial charge in [0, 0.05) is 13.1 Å². The Morgan fingerprint density at radius 3 is 2.33 bits per heavy atom. The number of nitrogens with one attached hydrogen (secondary N) is 1. The summed E-state index contributed by atoms with van der Waals surface area (Å²) in [7, 11) is -3.14. The van der Waals surface area contributed by atoms with Crippen LogP contribution in [0.4, 0.5) is 0 Å². The molecule has 0 saturated carbocycles. The first kappa shape index (κ1) is 9.95. The lowest BCUT2D eigenvalue weighted by molar-refractivity contribution is 0.198. The molecule has 0 aromatic heterocycles. The lowest BCUT2D eigenvalue weighted by Crippen LogP contribution is -2.37. The van der Waals surface area contributed by atoms with Crippen LogP contribution in [0.15, 0.2) is 0 Å². The normalized spacial score (nSPS) is 31.3. The molecule has 5 heteroatoms. The molecule has 0 unspecified atom stereocenters. The van der Waals surface area contributed by atoms with Crippen molar-refractivity contribution in [2.45, 2.75) is 30.5 Å². The van der Waals surface area contributed by atoms with Gasteiger partial charge in [-0.1, -0.05) is 0 Å². The Hall–Kier alpha value is -0.130. The second-order valence-electron chi connectivity index (χ2n) is 3.40. The SMILES string of the molecule is CC(C)S(=O)(=O)[C@@H]1CNC[C@H]1O. The number of aliphatic hydroxyl groups excluding tert-OH is 1. The van der Waals surface area contributed by atoms with Crippen LogP contribution in [0.5, 0.6) is 0 Å². The van der Waals surface area contributed by atoms with E-state index >= 15 is 0 Å². The van der Waals surface area contributed by atoms with Gasteiger partial charge in [-0.3, -0.25) is 0 Å². The topological polar surface area (TPSA) is 66.4 Å². The molecular formula is C7H15NO3S. The smallest absolute Gasteiger partial charge is 0.159 e. The van der Waals surface area contributed by atoms with Gasteiger partial charge in [-0.15, -0.1) is 0 Å². The van der Waals surface area contributed by atoms with E-state index in [-0.39, 0.29) is 0 Å². The van der Waals surface area contributed by atoms with Gasteiger partial charge in [-0.25, -0.2) is 8.42 Å². The molecule has 1 aliphatic heterocycles. The zero-order valence-electron chi connectivity index (χ0n) is 7.32. The fraction of sp³-hybridized carbons (Fsp3) is 1.00. The quantitative estimate of drug-likeness (QED) is 0.599. The van der Waals surface area contributed by atoms with E-state index in [2.05, 4.69) is 5.32 Å². The number of aliphatic hydroxyl groups is 1. The minimum atomic E-state index is -3.14. The summed E-state index contributed by atoms with van der Waals surface area (Å²) in [4.78, 5) is 0. The molecule has 12 heavy (non-hydrogen) atoms. The molecule has 2 N–H and O–H groups in total. The van der Waals surface area contributed by atoms with Crippen molar-refractivity contribution in [2.24, 2.45) is 0 Å². The minimum Gasteiger partial charge on any atom is -0.390 e. The van der Waals surface area contributed by atoms with Gasteiger partial charge in [0.1, 0.15) is 5.25 Å². The van der Waals surface area contributed by atoms with Crippen molar-refractivity contribution in [1.82, 2.24) is 5.32 Å². The van der Waals surface area contributed by atoms with Crippen molar-refractivity contribution < 1.29 is 13.5 Å². The molecule has 0 spiro atoms. The zero-order valence-corrected chi connectivity index (χ0v) is 8.13. The van der Waals surface area contributed by atoms with Crippen LogP contribution in [0.2, 0.25) is 0 Å². The van der Waals surface area contributed by atoms with Gasteiger partial charge in [0.15, 0.2) is 9.84 Å². The summed E-state index contributed by atoms with van der Waals surface area (Å²) in [5.74, 6) is 0. The first-order chi connectivity index (χ1) is 5.46. The van der Waals surface area contributed by atoms with Crippen molar-refractivity contribution in [2.75, 3.05) is 13.1 Å². The number of rotatable bonds is 2. The van der Waals surface area contributed by atoms with E-state index in [0.717, 1.165) is 0 Å². The third-order valence-corrected chi connectivity index (χ3v) is 4.85. The first-order valence-corrected chi connectivity index (χ1v) is 5.68. The Morgan fingerprint density at radius 2 is 2.00 bits per heavy atom. The monoisotopic (exact) mass is 193 g/mol. The van der Waals surface area contributed by atoms with E-state index in [4.69, 9.17) is 0 Å². The third kappa shape index (κ3) is 1.62. The van der Waals surface area contributed by atoms with E-state index in [0.29, 0.717) is 13.1 Å². The molecular weight excluding hydrogens is 178 g/mol. The highest BCUT2D eigenvalue weighted by atomic mass is 32.2. The van der Waals surface area contributed by atoms with Crippen LogP contribution in [0.1, 0.15) is 13.8 Å². The Morgan fingerprint density at radius 1 is 1.42 bits per heavy atom. The van der Waals surface area contributed by atoms with Gasteiger partial charge in [-0.05, 0) is 13.8 Å². The van der Waals surface area contributed by atoms with Crippen molar-refractivity contribution >= 4 is 9.84 Å². The van der Waals surface area contributed by atoms with E-state index in [1.807, 2.05) is 0 Å². The molecule has 1 rings (SSSR count). The average molecular weight is 193 g/mol. The predicted molar refractivity (Wildman–Crippen MR) is 46.7 cm³/mol. The Kier molecular flexibility index (Phi) is 2.75. The first-order valence-electron chi connectivity index (χ1n) is 4.07. The maximum atomic E-state index is 11.5. The molecule has 0 aromatic rings. The van der Waals surface area contributed by atoms with Crippen LogP contribution in [-0.4, -0.2) is 43.2 Å². The molecule has 0 radical (unpaired) electrons. The van der Waals surface area contributed by atoms with Gasteiger partial charge in [0.25, 0.3) is 0 Å². The Balaban J connectivity index is 2.82. The molecule has 2 atom stereocenters. The molecule has 0 amide bonds. The second kappa shape index (κ2) is 3.32. The van der Waals surface area contributed by atoms with Crippen molar-refractivity contribution in [3.63, 3.8) is 0 Å². The van der Waals surface area contributed by atoms with Gasteiger partial charge in [-0.2, -0.15) is 0 Å². The highest BCUT2D eigenvalue weighted by Gasteiger charge is 2.37.